The van der Waals surface area contributed by atoms with Crippen molar-refractivity contribution in [1.29, 1.82) is 0 Å². The summed E-state index contributed by atoms with van der Waals surface area (Å²) in [5.41, 5.74) is 0. The highest BCUT2D eigenvalue weighted by Gasteiger charge is 2.31. The Morgan fingerprint density at radius 1 is 1.00 bits per heavy atom. The van der Waals surface area contributed by atoms with Crippen LogP contribution in [-0.2, 0) is 0 Å². The Hall–Kier alpha value is -1.91. The first-order chi connectivity index (χ1) is 6.38. The van der Waals surface area contributed by atoms with Gasteiger partial charge >= 0.3 is 5.79 Å². The predicted molar refractivity (Wildman–Crippen MR) is 44.8 cm³/mol. The molecule has 0 aromatic heterocycles. The first-order valence-corrected chi connectivity index (χ1v) is 3.89. The van der Waals surface area contributed by atoms with Crippen LogP contribution in [0.25, 0.3) is 0 Å². The lowest BCUT2D eigenvalue weighted by atomic mass is 10.3. The molecular weight excluding hydrogens is 166 g/mol. The summed E-state index contributed by atoms with van der Waals surface area (Å²) < 4.78 is 0. The normalized spacial score (nSPS) is 20.0. The van der Waals surface area contributed by atoms with Crippen LogP contribution in [-0.4, -0.2) is 12.0 Å². The first kappa shape index (κ1) is 6.59. The Labute approximate surface area is 73.3 Å². The van der Waals surface area contributed by atoms with Gasteiger partial charge in [-0.05, 0) is 17.4 Å². The average Bonchev–Trinajstić information content (AvgIpc) is 2.72. The summed E-state index contributed by atoms with van der Waals surface area (Å²) in [4.78, 5) is 8.61. The van der Waals surface area contributed by atoms with Gasteiger partial charge in [0.05, 0.1) is 10.7 Å². The number of nitrogens with zero attached hydrogens (tertiary/aromatic N) is 5. The van der Waals surface area contributed by atoms with E-state index in [-0.39, 0.29) is 0 Å². The van der Waals surface area contributed by atoms with Crippen molar-refractivity contribution in [1.82, 2.24) is 0 Å². The quantitative estimate of drug-likeness (QED) is 0.529. The molecule has 3 rings (SSSR count). The van der Waals surface area contributed by atoms with Gasteiger partial charge in [-0.1, -0.05) is 12.1 Å². The molecule has 0 bridgehead atoms. The smallest absolute Gasteiger partial charge is 0.225 e. The van der Waals surface area contributed by atoms with Gasteiger partial charge in [0.15, 0.2) is 0 Å². The Morgan fingerprint density at radius 2 is 1.69 bits per heavy atom. The minimum Gasteiger partial charge on any atom is -0.225 e. The molecule has 1 aromatic rings. The summed E-state index contributed by atoms with van der Waals surface area (Å²) in [6, 6.07) is 7.63. The third-order valence-electron chi connectivity index (χ3n) is 1.93. The lowest BCUT2D eigenvalue weighted by Crippen LogP contribution is -2.19. The predicted octanol–water partition coefficient (Wildman–Crippen LogP) is 0.0448. The van der Waals surface area contributed by atoms with Crippen LogP contribution in [0.15, 0.2) is 49.7 Å². The SMILES string of the molecule is C1=NN=NC12N=c1ccccc1=N2. The highest BCUT2D eigenvalue weighted by molar-refractivity contribution is 5.70. The van der Waals surface area contributed by atoms with E-state index in [1.807, 2.05) is 24.3 Å². The monoisotopic (exact) mass is 171 g/mol. The number of benzene rings is 1. The van der Waals surface area contributed by atoms with Crippen LogP contribution in [0.4, 0.5) is 0 Å². The van der Waals surface area contributed by atoms with E-state index in [9.17, 15) is 0 Å². The topological polar surface area (TPSA) is 61.8 Å². The van der Waals surface area contributed by atoms with E-state index in [4.69, 9.17) is 0 Å². The third-order valence-corrected chi connectivity index (χ3v) is 1.93. The lowest BCUT2D eigenvalue weighted by Gasteiger charge is -2.02. The van der Waals surface area contributed by atoms with Crippen molar-refractivity contribution < 1.29 is 0 Å². The third kappa shape index (κ3) is 0.837. The van der Waals surface area contributed by atoms with Crippen molar-refractivity contribution in [3.05, 3.63) is 35.0 Å². The molecule has 0 atom stereocenters. The second-order valence-corrected chi connectivity index (χ2v) is 2.83. The second-order valence-electron chi connectivity index (χ2n) is 2.83. The molecule has 0 fully saturated rings. The minimum absolute atomic E-state index is 0.842. The zero-order chi connectivity index (χ0) is 8.73. The summed E-state index contributed by atoms with van der Waals surface area (Å²) in [6.07, 6.45) is 1.53. The molecule has 0 saturated carbocycles. The summed E-state index contributed by atoms with van der Waals surface area (Å²) in [5.74, 6) is -0.885. The molecule has 13 heavy (non-hydrogen) atoms. The van der Waals surface area contributed by atoms with Gasteiger partial charge in [0.1, 0.15) is 6.21 Å². The highest BCUT2D eigenvalue weighted by Crippen LogP contribution is 2.17. The second kappa shape index (κ2) is 2.07. The van der Waals surface area contributed by atoms with Crippen LogP contribution in [0.5, 0.6) is 0 Å². The number of hydrogen-bond donors (Lipinski definition) is 0. The molecule has 0 unspecified atom stereocenters. The molecule has 1 aromatic carbocycles. The Morgan fingerprint density at radius 3 is 2.23 bits per heavy atom. The van der Waals surface area contributed by atoms with Crippen molar-refractivity contribution in [2.24, 2.45) is 25.4 Å². The van der Waals surface area contributed by atoms with Crippen molar-refractivity contribution in [2.45, 2.75) is 5.79 Å². The molecule has 1 spiro atoms. The Kier molecular flexibility index (Phi) is 1.05. The Bertz CT molecular complexity index is 479. The number of fused-ring (bicyclic) bond motifs is 1. The number of hydrogen-bond acceptors (Lipinski definition) is 5. The number of rotatable bonds is 0. The van der Waals surface area contributed by atoms with Crippen LogP contribution in [0.2, 0.25) is 0 Å². The molecule has 62 valence electrons. The van der Waals surface area contributed by atoms with Crippen LogP contribution in [0.3, 0.4) is 0 Å². The van der Waals surface area contributed by atoms with E-state index in [0.717, 1.165) is 10.7 Å². The maximum Gasteiger partial charge on any atom is 0.305 e. The molecule has 0 aliphatic carbocycles. The zero-order valence-corrected chi connectivity index (χ0v) is 6.62. The fraction of sp³-hybridized carbons (Fsp3) is 0.125. The van der Waals surface area contributed by atoms with Gasteiger partial charge < -0.3 is 0 Å². The molecule has 5 heteroatoms. The minimum atomic E-state index is -0.885. The first-order valence-electron chi connectivity index (χ1n) is 3.89. The summed E-state index contributed by atoms with van der Waals surface area (Å²) in [5, 5.41) is 12.7. The van der Waals surface area contributed by atoms with Crippen molar-refractivity contribution in [2.75, 3.05) is 0 Å². The van der Waals surface area contributed by atoms with Gasteiger partial charge in [-0.15, -0.1) is 10.2 Å². The van der Waals surface area contributed by atoms with Crippen LogP contribution >= 0.6 is 0 Å². The maximum atomic E-state index is 4.31. The van der Waals surface area contributed by atoms with Crippen LogP contribution in [0, 0.1) is 0 Å². The zero-order valence-electron chi connectivity index (χ0n) is 6.62. The molecule has 0 N–H and O–H groups in total. The van der Waals surface area contributed by atoms with E-state index in [0.29, 0.717) is 0 Å². The molecule has 2 aliphatic rings. The van der Waals surface area contributed by atoms with Crippen LogP contribution < -0.4 is 10.7 Å². The van der Waals surface area contributed by atoms with Crippen molar-refractivity contribution in [3.8, 4) is 0 Å². The molecule has 0 saturated heterocycles. The van der Waals surface area contributed by atoms with E-state index in [2.05, 4.69) is 25.4 Å². The largest absolute Gasteiger partial charge is 0.305 e. The van der Waals surface area contributed by atoms with E-state index < -0.39 is 5.79 Å². The van der Waals surface area contributed by atoms with Crippen molar-refractivity contribution in [3.63, 3.8) is 0 Å². The fourth-order valence-corrected chi connectivity index (χ4v) is 1.36. The standard InChI is InChI=1S/C8H5N5/c1-2-4-7-6(3-1)10-8(11-7)5-9-13-12-8/h1-5H. The molecule has 5 nitrogen and oxygen atoms in total. The average molecular weight is 171 g/mol. The highest BCUT2D eigenvalue weighted by atomic mass is 15.5. The maximum absolute atomic E-state index is 4.31. The van der Waals surface area contributed by atoms with Gasteiger partial charge in [-0.3, -0.25) is 0 Å². The van der Waals surface area contributed by atoms with Gasteiger partial charge in [-0.2, -0.15) is 0 Å². The van der Waals surface area contributed by atoms with Gasteiger partial charge in [0.25, 0.3) is 0 Å². The number of para-hydroxylation sites is 2. The molecule has 2 heterocycles. The van der Waals surface area contributed by atoms with E-state index >= 15 is 0 Å². The van der Waals surface area contributed by atoms with Gasteiger partial charge in [0, 0.05) is 0 Å². The summed E-state index contributed by atoms with van der Waals surface area (Å²) in [6.45, 7) is 0. The molecule has 2 aliphatic heterocycles. The summed E-state index contributed by atoms with van der Waals surface area (Å²) >= 11 is 0. The van der Waals surface area contributed by atoms with Crippen molar-refractivity contribution >= 4 is 6.21 Å². The van der Waals surface area contributed by atoms with Gasteiger partial charge in [0.2, 0.25) is 0 Å². The van der Waals surface area contributed by atoms with Crippen LogP contribution in [0.1, 0.15) is 0 Å². The van der Waals surface area contributed by atoms with E-state index in [1.54, 1.807) is 0 Å². The molecule has 0 radical (unpaired) electrons. The molecular formula is C8H5N5. The molecule has 0 amide bonds. The van der Waals surface area contributed by atoms with E-state index in [1.165, 1.54) is 6.21 Å². The fourth-order valence-electron chi connectivity index (χ4n) is 1.36. The van der Waals surface area contributed by atoms with Gasteiger partial charge in [-0.25, -0.2) is 9.98 Å². The Balaban J connectivity index is 2.35. The summed E-state index contributed by atoms with van der Waals surface area (Å²) in [7, 11) is 0. The lowest BCUT2D eigenvalue weighted by molar-refractivity contribution is 0.624.